The first-order chi connectivity index (χ1) is 17.1. The van der Waals surface area contributed by atoms with E-state index in [4.69, 9.17) is 0 Å². The maximum Gasteiger partial charge on any atom is 0.255 e. The van der Waals surface area contributed by atoms with Crippen LogP contribution in [-0.2, 0) is 5.75 Å². The smallest absolute Gasteiger partial charge is 0.255 e. The molecule has 174 valence electrons. The Labute approximate surface area is 210 Å². The normalized spacial score (nSPS) is 10.9. The number of anilines is 1. The molecule has 0 radical (unpaired) electrons. The Kier molecular flexibility index (Phi) is 6.74. The number of rotatable bonds is 7. The summed E-state index contributed by atoms with van der Waals surface area (Å²) >= 11 is 3.00. The summed E-state index contributed by atoms with van der Waals surface area (Å²) in [6.07, 6.45) is 0. The van der Waals surface area contributed by atoms with Crippen LogP contribution in [-0.4, -0.2) is 20.7 Å². The van der Waals surface area contributed by atoms with E-state index in [1.807, 2.05) is 60.8 Å². The van der Waals surface area contributed by atoms with Crippen LogP contribution in [0.25, 0.3) is 16.4 Å². The van der Waals surface area contributed by atoms with Crippen molar-refractivity contribution in [2.75, 3.05) is 5.32 Å². The lowest BCUT2D eigenvalue weighted by atomic mass is 10.1. The Balaban J connectivity index is 1.33. The van der Waals surface area contributed by atoms with Crippen LogP contribution < -0.4 is 5.32 Å². The summed E-state index contributed by atoms with van der Waals surface area (Å²) in [5, 5.41) is 14.2. The standard InChI is InChI=1S/C27H21FN4OS2/c1-18-6-4-7-21(16-18)29-26(33)20-13-11-19(12-14-20)17-35-27-31-30-25(24-10-5-15-34-24)32(27)23-9-3-2-8-22(23)28/h2-16H,17H2,1H3,(H,29,33). The van der Waals surface area contributed by atoms with Crippen molar-refractivity contribution < 1.29 is 9.18 Å². The molecule has 8 heteroatoms. The lowest BCUT2D eigenvalue weighted by Gasteiger charge is -2.11. The maximum absolute atomic E-state index is 14.7. The summed E-state index contributed by atoms with van der Waals surface area (Å²) < 4.78 is 16.5. The molecule has 35 heavy (non-hydrogen) atoms. The second-order valence-corrected chi connectivity index (χ2v) is 9.77. The fraction of sp³-hybridized carbons (Fsp3) is 0.0741. The molecule has 5 aromatic rings. The molecule has 0 unspecified atom stereocenters. The molecule has 0 bridgehead atoms. The van der Waals surface area contributed by atoms with Gasteiger partial charge in [-0.25, -0.2) is 4.39 Å². The van der Waals surface area contributed by atoms with Gasteiger partial charge in [-0.05, 0) is 65.9 Å². The molecule has 0 atom stereocenters. The molecule has 5 nitrogen and oxygen atoms in total. The van der Waals surface area contributed by atoms with Crippen molar-refractivity contribution in [2.45, 2.75) is 17.8 Å². The van der Waals surface area contributed by atoms with Gasteiger partial charge in [0.05, 0.1) is 10.6 Å². The number of thioether (sulfide) groups is 1. The molecule has 2 aromatic heterocycles. The highest BCUT2D eigenvalue weighted by molar-refractivity contribution is 7.98. The second-order valence-electron chi connectivity index (χ2n) is 7.88. The minimum atomic E-state index is -0.337. The van der Waals surface area contributed by atoms with E-state index in [1.54, 1.807) is 34.9 Å². The first kappa shape index (κ1) is 23.0. The molecule has 0 saturated carbocycles. The highest BCUT2D eigenvalue weighted by Crippen LogP contribution is 2.32. The van der Waals surface area contributed by atoms with E-state index in [-0.39, 0.29) is 11.7 Å². The SMILES string of the molecule is Cc1cccc(NC(=O)c2ccc(CSc3nnc(-c4cccs4)n3-c3ccccc3F)cc2)c1. The van der Waals surface area contributed by atoms with Crippen molar-refractivity contribution in [3.05, 3.63) is 113 Å². The van der Waals surface area contributed by atoms with Gasteiger partial charge in [-0.1, -0.05) is 54.2 Å². The zero-order valence-corrected chi connectivity index (χ0v) is 20.4. The fourth-order valence-corrected chi connectivity index (χ4v) is 5.20. The zero-order chi connectivity index (χ0) is 24.2. The Morgan fingerprint density at radius 2 is 1.83 bits per heavy atom. The summed E-state index contributed by atoms with van der Waals surface area (Å²) in [7, 11) is 0. The van der Waals surface area contributed by atoms with Gasteiger partial charge in [0.2, 0.25) is 0 Å². The molecule has 0 spiro atoms. The van der Waals surface area contributed by atoms with Crippen molar-refractivity contribution in [1.29, 1.82) is 0 Å². The Morgan fingerprint density at radius 1 is 1.00 bits per heavy atom. The molecule has 0 aliphatic heterocycles. The van der Waals surface area contributed by atoms with E-state index in [0.29, 0.717) is 28.0 Å². The average molecular weight is 501 g/mol. The third kappa shape index (κ3) is 5.18. The molecule has 2 heterocycles. The Bertz CT molecular complexity index is 1460. The van der Waals surface area contributed by atoms with Gasteiger partial charge in [0.25, 0.3) is 5.91 Å². The molecule has 0 aliphatic rings. The molecule has 0 saturated heterocycles. The maximum atomic E-state index is 14.7. The third-order valence-corrected chi connectivity index (χ3v) is 7.19. The van der Waals surface area contributed by atoms with Crippen LogP contribution in [0.15, 0.2) is 95.5 Å². The Morgan fingerprint density at radius 3 is 2.57 bits per heavy atom. The van der Waals surface area contributed by atoms with Gasteiger partial charge in [0.1, 0.15) is 5.82 Å². The van der Waals surface area contributed by atoms with Crippen molar-refractivity contribution in [1.82, 2.24) is 14.8 Å². The minimum absolute atomic E-state index is 0.158. The number of nitrogens with one attached hydrogen (secondary N) is 1. The van der Waals surface area contributed by atoms with E-state index in [0.717, 1.165) is 21.7 Å². The van der Waals surface area contributed by atoms with Crippen LogP contribution in [0.2, 0.25) is 0 Å². The monoisotopic (exact) mass is 500 g/mol. The van der Waals surface area contributed by atoms with Crippen LogP contribution in [0.1, 0.15) is 21.5 Å². The van der Waals surface area contributed by atoms with Gasteiger partial charge >= 0.3 is 0 Å². The number of aryl methyl sites for hydroxylation is 1. The minimum Gasteiger partial charge on any atom is -0.322 e. The number of hydrogen-bond acceptors (Lipinski definition) is 5. The van der Waals surface area contributed by atoms with Crippen LogP contribution in [0.4, 0.5) is 10.1 Å². The van der Waals surface area contributed by atoms with E-state index >= 15 is 0 Å². The van der Waals surface area contributed by atoms with Crippen molar-refractivity contribution >= 4 is 34.7 Å². The number of carbonyl (C=O) groups is 1. The summed E-state index contributed by atoms with van der Waals surface area (Å²) in [5.41, 5.74) is 3.86. The van der Waals surface area contributed by atoms with Gasteiger partial charge in [0, 0.05) is 17.0 Å². The first-order valence-electron chi connectivity index (χ1n) is 10.9. The van der Waals surface area contributed by atoms with Crippen LogP contribution in [0, 0.1) is 12.7 Å². The van der Waals surface area contributed by atoms with Crippen molar-refractivity contribution in [3.8, 4) is 16.4 Å². The summed E-state index contributed by atoms with van der Waals surface area (Å²) in [6, 6.07) is 25.6. The van der Waals surface area contributed by atoms with Crippen LogP contribution in [0.5, 0.6) is 0 Å². The molecule has 1 amide bonds. The van der Waals surface area contributed by atoms with Gasteiger partial charge < -0.3 is 5.32 Å². The number of aromatic nitrogens is 3. The van der Waals surface area contributed by atoms with Crippen LogP contribution in [0.3, 0.4) is 0 Å². The number of para-hydroxylation sites is 1. The highest BCUT2D eigenvalue weighted by Gasteiger charge is 2.19. The van der Waals surface area contributed by atoms with Gasteiger partial charge in [-0.15, -0.1) is 21.5 Å². The number of benzene rings is 3. The lowest BCUT2D eigenvalue weighted by Crippen LogP contribution is -2.11. The number of amides is 1. The second kappa shape index (κ2) is 10.2. The Hall–Kier alpha value is -3.75. The molecule has 5 rings (SSSR count). The number of halogens is 1. The largest absolute Gasteiger partial charge is 0.322 e. The number of carbonyl (C=O) groups excluding carboxylic acids is 1. The van der Waals surface area contributed by atoms with Gasteiger partial charge in [0.15, 0.2) is 11.0 Å². The van der Waals surface area contributed by atoms with E-state index in [2.05, 4.69) is 15.5 Å². The fourth-order valence-electron chi connectivity index (χ4n) is 3.61. The van der Waals surface area contributed by atoms with Crippen molar-refractivity contribution in [2.24, 2.45) is 0 Å². The molecule has 0 fully saturated rings. The lowest BCUT2D eigenvalue weighted by molar-refractivity contribution is 0.102. The first-order valence-corrected chi connectivity index (χ1v) is 12.8. The molecule has 0 aliphatic carbocycles. The predicted octanol–water partition coefficient (Wildman–Crippen LogP) is 6.99. The number of hydrogen-bond donors (Lipinski definition) is 1. The predicted molar refractivity (Wildman–Crippen MR) is 140 cm³/mol. The number of thiophene rings is 1. The van der Waals surface area contributed by atoms with E-state index in [1.165, 1.54) is 29.2 Å². The zero-order valence-electron chi connectivity index (χ0n) is 18.8. The van der Waals surface area contributed by atoms with Crippen LogP contribution >= 0.6 is 23.1 Å². The topological polar surface area (TPSA) is 59.8 Å². The van der Waals surface area contributed by atoms with E-state index < -0.39 is 0 Å². The van der Waals surface area contributed by atoms with E-state index in [9.17, 15) is 9.18 Å². The third-order valence-electron chi connectivity index (χ3n) is 5.33. The quantitative estimate of drug-likeness (QED) is 0.245. The van der Waals surface area contributed by atoms with Crippen molar-refractivity contribution in [3.63, 3.8) is 0 Å². The molecular weight excluding hydrogens is 479 g/mol. The van der Waals surface area contributed by atoms with Gasteiger partial charge in [-0.2, -0.15) is 0 Å². The molecule has 3 aromatic carbocycles. The van der Waals surface area contributed by atoms with Gasteiger partial charge in [-0.3, -0.25) is 9.36 Å². The highest BCUT2D eigenvalue weighted by atomic mass is 32.2. The number of nitrogens with zero attached hydrogens (tertiary/aromatic N) is 3. The summed E-state index contributed by atoms with van der Waals surface area (Å²) in [5.74, 6) is 0.706. The summed E-state index contributed by atoms with van der Waals surface area (Å²) in [6.45, 7) is 1.98. The molecular formula is C27H21FN4OS2. The average Bonchev–Trinajstić information content (AvgIpc) is 3.53. The molecule has 1 N–H and O–H groups in total. The summed E-state index contributed by atoms with van der Waals surface area (Å²) in [4.78, 5) is 13.5.